The maximum Gasteiger partial charge on any atom is 0.257 e. The summed E-state index contributed by atoms with van der Waals surface area (Å²) in [5.74, 6) is -0.562. The normalized spacial score (nSPS) is 10.5. The summed E-state index contributed by atoms with van der Waals surface area (Å²) in [4.78, 5) is 31.2. The Hall–Kier alpha value is -2.93. The largest absolute Gasteiger partial charge is 0.385 e. The SMILES string of the molecule is CCN(CC)c1ccc(NC(=O)c2cncc(C(=O)NCCCOC)c2)c(C)c1. The fourth-order valence-corrected chi connectivity index (χ4v) is 2.98. The van der Waals surface area contributed by atoms with Gasteiger partial charge >= 0.3 is 0 Å². The van der Waals surface area contributed by atoms with E-state index in [1.807, 2.05) is 19.1 Å². The average Bonchev–Trinajstić information content (AvgIpc) is 2.74. The number of aryl methyl sites for hydroxylation is 1. The van der Waals surface area contributed by atoms with Crippen LogP contribution in [0.5, 0.6) is 0 Å². The van der Waals surface area contributed by atoms with Gasteiger partial charge in [-0.05, 0) is 57.0 Å². The van der Waals surface area contributed by atoms with Crippen LogP contribution < -0.4 is 15.5 Å². The van der Waals surface area contributed by atoms with Crippen LogP contribution in [-0.2, 0) is 4.74 Å². The number of pyridine rings is 1. The first-order chi connectivity index (χ1) is 14.0. The van der Waals surface area contributed by atoms with Crippen molar-refractivity contribution in [2.45, 2.75) is 27.2 Å². The number of nitrogens with zero attached hydrogens (tertiary/aromatic N) is 2. The van der Waals surface area contributed by atoms with Gasteiger partial charge in [-0.1, -0.05) is 0 Å². The summed E-state index contributed by atoms with van der Waals surface area (Å²) in [5.41, 5.74) is 3.52. The second kappa shape index (κ2) is 11.2. The molecule has 0 saturated heterocycles. The van der Waals surface area contributed by atoms with E-state index in [1.54, 1.807) is 13.2 Å². The molecule has 0 atom stereocenters. The second-order valence-electron chi connectivity index (χ2n) is 6.69. The smallest absolute Gasteiger partial charge is 0.257 e. The van der Waals surface area contributed by atoms with E-state index in [2.05, 4.69) is 40.4 Å². The van der Waals surface area contributed by atoms with Gasteiger partial charge in [-0.3, -0.25) is 14.6 Å². The van der Waals surface area contributed by atoms with Crippen LogP contribution >= 0.6 is 0 Å². The van der Waals surface area contributed by atoms with E-state index in [1.165, 1.54) is 12.4 Å². The van der Waals surface area contributed by atoms with Crippen LogP contribution in [0.15, 0.2) is 36.7 Å². The number of aromatic nitrogens is 1. The number of carbonyl (C=O) groups excluding carboxylic acids is 2. The third-order valence-corrected chi connectivity index (χ3v) is 4.66. The molecule has 0 saturated carbocycles. The lowest BCUT2D eigenvalue weighted by molar-refractivity contribution is 0.0948. The number of anilines is 2. The summed E-state index contributed by atoms with van der Waals surface area (Å²) in [7, 11) is 1.62. The molecule has 29 heavy (non-hydrogen) atoms. The molecule has 7 heteroatoms. The molecule has 0 aliphatic carbocycles. The first kappa shape index (κ1) is 22.4. The van der Waals surface area contributed by atoms with E-state index >= 15 is 0 Å². The molecule has 1 aromatic carbocycles. The number of carbonyl (C=O) groups is 2. The number of methoxy groups -OCH3 is 1. The van der Waals surface area contributed by atoms with Crippen LogP contribution in [0.3, 0.4) is 0 Å². The molecule has 2 rings (SSSR count). The van der Waals surface area contributed by atoms with Gasteiger partial charge in [-0.25, -0.2) is 0 Å². The summed E-state index contributed by atoms with van der Waals surface area (Å²) < 4.78 is 4.96. The number of hydrogen-bond donors (Lipinski definition) is 2. The lowest BCUT2D eigenvalue weighted by Gasteiger charge is -2.22. The van der Waals surface area contributed by atoms with Crippen LogP contribution in [-0.4, -0.2) is 50.1 Å². The number of benzene rings is 1. The zero-order chi connectivity index (χ0) is 21.2. The highest BCUT2D eigenvalue weighted by Gasteiger charge is 2.13. The number of ether oxygens (including phenoxy) is 1. The molecular weight excluding hydrogens is 368 g/mol. The fraction of sp³-hybridized carbons (Fsp3) is 0.409. The quantitative estimate of drug-likeness (QED) is 0.600. The fourth-order valence-electron chi connectivity index (χ4n) is 2.98. The Morgan fingerprint density at radius 2 is 1.76 bits per heavy atom. The average molecular weight is 399 g/mol. The van der Waals surface area contributed by atoms with E-state index in [-0.39, 0.29) is 11.8 Å². The highest BCUT2D eigenvalue weighted by molar-refractivity contribution is 6.06. The maximum absolute atomic E-state index is 12.7. The van der Waals surface area contributed by atoms with Gasteiger partial charge in [0.2, 0.25) is 0 Å². The molecule has 0 bridgehead atoms. The zero-order valence-corrected chi connectivity index (χ0v) is 17.6. The Labute approximate surface area is 172 Å². The molecule has 1 aromatic heterocycles. The highest BCUT2D eigenvalue weighted by Crippen LogP contribution is 2.23. The van der Waals surface area contributed by atoms with Crippen molar-refractivity contribution in [2.75, 3.05) is 43.6 Å². The minimum Gasteiger partial charge on any atom is -0.385 e. The molecule has 0 spiro atoms. The summed E-state index contributed by atoms with van der Waals surface area (Å²) >= 11 is 0. The Morgan fingerprint density at radius 1 is 1.07 bits per heavy atom. The van der Waals surface area contributed by atoms with Gasteiger partial charge in [0.15, 0.2) is 0 Å². The predicted octanol–water partition coefficient (Wildman–Crippen LogP) is 3.25. The van der Waals surface area contributed by atoms with Crippen LogP contribution in [0.4, 0.5) is 11.4 Å². The lowest BCUT2D eigenvalue weighted by Crippen LogP contribution is -2.26. The molecule has 2 N–H and O–H groups in total. The van der Waals surface area contributed by atoms with E-state index in [4.69, 9.17) is 4.74 Å². The monoisotopic (exact) mass is 398 g/mol. The zero-order valence-electron chi connectivity index (χ0n) is 17.6. The van der Waals surface area contributed by atoms with Gasteiger partial charge in [-0.2, -0.15) is 0 Å². The molecule has 0 radical (unpaired) electrons. The van der Waals surface area contributed by atoms with Crippen LogP contribution in [0.2, 0.25) is 0 Å². The number of rotatable bonds is 10. The Balaban J connectivity index is 2.06. The van der Waals surface area contributed by atoms with Gasteiger partial charge < -0.3 is 20.3 Å². The van der Waals surface area contributed by atoms with Crippen LogP contribution in [0, 0.1) is 6.92 Å². The van der Waals surface area contributed by atoms with Crippen molar-refractivity contribution < 1.29 is 14.3 Å². The summed E-state index contributed by atoms with van der Waals surface area (Å²) in [6, 6.07) is 7.51. The first-order valence-electron chi connectivity index (χ1n) is 9.89. The van der Waals surface area contributed by atoms with Crippen molar-refractivity contribution in [3.63, 3.8) is 0 Å². The van der Waals surface area contributed by atoms with Crippen molar-refractivity contribution in [2.24, 2.45) is 0 Å². The molecule has 7 nitrogen and oxygen atoms in total. The summed E-state index contributed by atoms with van der Waals surface area (Å²) in [5, 5.41) is 5.70. The minimum atomic E-state index is -0.301. The van der Waals surface area contributed by atoms with Gasteiger partial charge in [0, 0.05) is 57.1 Å². The molecule has 0 unspecified atom stereocenters. The van der Waals surface area contributed by atoms with Crippen molar-refractivity contribution >= 4 is 23.2 Å². The number of amides is 2. The van der Waals surface area contributed by atoms with Crippen LogP contribution in [0.25, 0.3) is 0 Å². The van der Waals surface area contributed by atoms with E-state index in [9.17, 15) is 9.59 Å². The summed E-state index contributed by atoms with van der Waals surface area (Å²) in [6.07, 6.45) is 3.63. The van der Waals surface area contributed by atoms with Gasteiger partial charge in [-0.15, -0.1) is 0 Å². The molecule has 156 valence electrons. The third kappa shape index (κ3) is 6.29. The Kier molecular flexibility index (Phi) is 8.61. The third-order valence-electron chi connectivity index (χ3n) is 4.66. The highest BCUT2D eigenvalue weighted by atomic mass is 16.5. The molecule has 1 heterocycles. The van der Waals surface area contributed by atoms with Crippen LogP contribution in [0.1, 0.15) is 46.5 Å². The van der Waals surface area contributed by atoms with Gasteiger partial charge in [0.1, 0.15) is 0 Å². The van der Waals surface area contributed by atoms with E-state index in [0.29, 0.717) is 24.3 Å². The maximum atomic E-state index is 12.7. The van der Waals surface area contributed by atoms with Gasteiger partial charge in [0.05, 0.1) is 11.1 Å². The van der Waals surface area contributed by atoms with Crippen molar-refractivity contribution in [3.8, 4) is 0 Å². The lowest BCUT2D eigenvalue weighted by atomic mass is 10.1. The molecule has 0 aliphatic heterocycles. The molecule has 0 fully saturated rings. The predicted molar refractivity (Wildman–Crippen MR) is 116 cm³/mol. The Morgan fingerprint density at radius 3 is 2.38 bits per heavy atom. The van der Waals surface area contributed by atoms with E-state index < -0.39 is 0 Å². The first-order valence-corrected chi connectivity index (χ1v) is 9.89. The van der Waals surface area contributed by atoms with Crippen molar-refractivity contribution in [3.05, 3.63) is 53.3 Å². The number of hydrogen-bond acceptors (Lipinski definition) is 5. The molecule has 2 aromatic rings. The summed E-state index contributed by atoms with van der Waals surface area (Å²) in [6.45, 7) is 9.12. The van der Waals surface area contributed by atoms with Gasteiger partial charge in [0.25, 0.3) is 11.8 Å². The topological polar surface area (TPSA) is 83.6 Å². The van der Waals surface area contributed by atoms with Crippen molar-refractivity contribution in [1.82, 2.24) is 10.3 Å². The van der Waals surface area contributed by atoms with E-state index in [0.717, 1.165) is 36.4 Å². The van der Waals surface area contributed by atoms with Crippen molar-refractivity contribution in [1.29, 1.82) is 0 Å². The number of nitrogens with one attached hydrogen (secondary N) is 2. The second-order valence-corrected chi connectivity index (χ2v) is 6.69. The molecular formula is C22H30N4O3. The minimum absolute atomic E-state index is 0.261. The molecule has 2 amide bonds. The molecule has 0 aliphatic rings. The Bertz CT molecular complexity index is 835. The standard InChI is InChI=1S/C22H30N4O3/c1-5-26(6-2)19-8-9-20(16(3)12-19)25-22(28)18-13-17(14-23-15-18)21(27)24-10-7-11-29-4/h8-9,12-15H,5-7,10-11H2,1-4H3,(H,24,27)(H,25,28).